The van der Waals surface area contributed by atoms with E-state index in [2.05, 4.69) is 30.5 Å². The fraction of sp³-hybridized carbons (Fsp3) is 0.350. The molecule has 0 aliphatic carbocycles. The van der Waals surface area contributed by atoms with Crippen molar-refractivity contribution >= 4 is 17.5 Å². The van der Waals surface area contributed by atoms with Crippen LogP contribution >= 0.6 is 0 Å². The van der Waals surface area contributed by atoms with E-state index in [1.54, 1.807) is 12.5 Å². The van der Waals surface area contributed by atoms with Crippen molar-refractivity contribution in [1.29, 1.82) is 0 Å². The molecule has 1 aliphatic heterocycles. The molecule has 1 aliphatic rings. The van der Waals surface area contributed by atoms with Gasteiger partial charge >= 0.3 is 0 Å². The number of ether oxygens (including phenoxy) is 1. The average Bonchev–Trinajstić information content (AvgIpc) is 3.27. The van der Waals surface area contributed by atoms with Gasteiger partial charge in [-0.3, -0.25) is 4.90 Å². The number of nitrogens with one attached hydrogen (secondary N) is 2. The van der Waals surface area contributed by atoms with E-state index in [0.717, 1.165) is 62.1 Å². The van der Waals surface area contributed by atoms with E-state index >= 15 is 0 Å². The van der Waals surface area contributed by atoms with E-state index in [1.807, 2.05) is 48.1 Å². The first-order chi connectivity index (χ1) is 13.8. The Morgan fingerprint density at radius 2 is 1.96 bits per heavy atom. The summed E-state index contributed by atoms with van der Waals surface area (Å²) >= 11 is 0. The number of morpholine rings is 1. The molecule has 0 unspecified atom stereocenters. The molecule has 3 aromatic rings. The number of anilines is 3. The van der Waals surface area contributed by atoms with Crippen molar-refractivity contribution in [2.75, 3.05) is 50.0 Å². The largest absolute Gasteiger partial charge is 0.379 e. The molecule has 8 nitrogen and oxygen atoms in total. The predicted octanol–water partition coefficient (Wildman–Crippen LogP) is 2.46. The van der Waals surface area contributed by atoms with Crippen LogP contribution in [0.1, 0.15) is 5.56 Å². The van der Waals surface area contributed by atoms with Crippen LogP contribution in [0.5, 0.6) is 0 Å². The zero-order valence-corrected chi connectivity index (χ0v) is 16.0. The summed E-state index contributed by atoms with van der Waals surface area (Å²) in [4.78, 5) is 15.5. The van der Waals surface area contributed by atoms with Gasteiger partial charge in [-0.1, -0.05) is 0 Å². The molecule has 1 fully saturated rings. The Labute approximate surface area is 164 Å². The Balaban J connectivity index is 1.36. The Morgan fingerprint density at radius 3 is 2.71 bits per heavy atom. The van der Waals surface area contributed by atoms with Crippen molar-refractivity contribution < 1.29 is 4.74 Å². The molecule has 0 radical (unpaired) electrons. The maximum Gasteiger partial charge on any atom is 0.229 e. The minimum Gasteiger partial charge on any atom is -0.379 e. The van der Waals surface area contributed by atoms with Crippen LogP contribution in [-0.2, 0) is 4.74 Å². The second-order valence-corrected chi connectivity index (χ2v) is 6.75. The zero-order chi connectivity index (χ0) is 19.2. The fourth-order valence-electron chi connectivity index (χ4n) is 3.10. The second-order valence-electron chi connectivity index (χ2n) is 6.75. The monoisotopic (exact) mass is 379 g/mol. The summed E-state index contributed by atoms with van der Waals surface area (Å²) in [5, 5.41) is 6.70. The van der Waals surface area contributed by atoms with Gasteiger partial charge in [0.2, 0.25) is 5.95 Å². The lowest BCUT2D eigenvalue weighted by Gasteiger charge is -2.26. The highest BCUT2D eigenvalue weighted by molar-refractivity contribution is 5.57. The van der Waals surface area contributed by atoms with E-state index in [9.17, 15) is 0 Å². The molecule has 2 aromatic heterocycles. The second kappa shape index (κ2) is 8.81. The summed E-state index contributed by atoms with van der Waals surface area (Å²) < 4.78 is 7.35. The van der Waals surface area contributed by atoms with Gasteiger partial charge in [-0.15, -0.1) is 0 Å². The van der Waals surface area contributed by atoms with Crippen LogP contribution in [0.4, 0.5) is 17.5 Å². The molecule has 3 heterocycles. The lowest BCUT2D eigenvalue weighted by atomic mass is 10.3. The molecule has 146 valence electrons. The molecule has 0 saturated carbocycles. The lowest BCUT2D eigenvalue weighted by molar-refractivity contribution is 0.0398. The predicted molar refractivity (Wildman–Crippen MR) is 109 cm³/mol. The van der Waals surface area contributed by atoms with Gasteiger partial charge in [0.1, 0.15) is 5.82 Å². The van der Waals surface area contributed by atoms with Gasteiger partial charge < -0.3 is 19.9 Å². The quantitative estimate of drug-likeness (QED) is 0.653. The van der Waals surface area contributed by atoms with Gasteiger partial charge in [0.05, 0.1) is 19.5 Å². The third-order valence-corrected chi connectivity index (χ3v) is 4.72. The molecule has 8 heteroatoms. The highest BCUT2D eigenvalue weighted by atomic mass is 16.5. The third-order valence-electron chi connectivity index (χ3n) is 4.72. The molecule has 4 rings (SSSR count). The summed E-state index contributed by atoms with van der Waals surface area (Å²) in [6.45, 7) is 7.46. The van der Waals surface area contributed by atoms with Crippen molar-refractivity contribution in [3.63, 3.8) is 0 Å². The normalized spacial score (nSPS) is 14.8. The van der Waals surface area contributed by atoms with Crippen LogP contribution in [0.2, 0.25) is 0 Å². The number of rotatable bonds is 7. The van der Waals surface area contributed by atoms with E-state index < -0.39 is 0 Å². The Bertz CT molecular complexity index is 874. The van der Waals surface area contributed by atoms with Gasteiger partial charge in [0.15, 0.2) is 0 Å². The number of hydrogen-bond donors (Lipinski definition) is 2. The lowest BCUT2D eigenvalue weighted by Crippen LogP contribution is -2.39. The third kappa shape index (κ3) is 4.65. The minimum atomic E-state index is 0.579. The van der Waals surface area contributed by atoms with Crippen molar-refractivity contribution in [3.05, 3.63) is 54.7 Å². The van der Waals surface area contributed by atoms with Gasteiger partial charge in [-0.05, 0) is 31.2 Å². The van der Waals surface area contributed by atoms with E-state index in [1.165, 1.54) is 0 Å². The molecule has 0 bridgehead atoms. The summed E-state index contributed by atoms with van der Waals surface area (Å²) in [6.07, 6.45) is 7.30. The summed E-state index contributed by atoms with van der Waals surface area (Å²) in [7, 11) is 0. The Morgan fingerprint density at radius 1 is 1.14 bits per heavy atom. The summed E-state index contributed by atoms with van der Waals surface area (Å²) in [5.41, 5.74) is 3.02. The van der Waals surface area contributed by atoms with Crippen LogP contribution in [0, 0.1) is 6.92 Å². The molecule has 1 saturated heterocycles. The molecular formula is C20H25N7O. The Kier molecular flexibility index (Phi) is 5.79. The van der Waals surface area contributed by atoms with Gasteiger partial charge in [0, 0.05) is 61.7 Å². The maximum atomic E-state index is 5.39. The number of benzene rings is 1. The number of aromatic nitrogens is 4. The first-order valence-corrected chi connectivity index (χ1v) is 9.51. The van der Waals surface area contributed by atoms with Gasteiger partial charge in [-0.25, -0.2) is 9.97 Å². The Hall–Kier alpha value is -2.97. The van der Waals surface area contributed by atoms with Gasteiger partial charge in [0.25, 0.3) is 0 Å². The summed E-state index contributed by atoms with van der Waals surface area (Å²) in [5.74, 6) is 1.44. The first kappa shape index (κ1) is 18.4. The highest BCUT2D eigenvalue weighted by Crippen LogP contribution is 2.18. The molecule has 2 N–H and O–H groups in total. The number of hydrogen-bond acceptors (Lipinski definition) is 7. The molecule has 0 atom stereocenters. The molecule has 0 spiro atoms. The molecule has 1 aromatic carbocycles. The van der Waals surface area contributed by atoms with Crippen molar-refractivity contribution in [2.24, 2.45) is 0 Å². The number of nitrogens with zero attached hydrogens (tertiary/aromatic N) is 5. The molecule has 28 heavy (non-hydrogen) atoms. The zero-order valence-electron chi connectivity index (χ0n) is 16.0. The molecular weight excluding hydrogens is 354 g/mol. The topological polar surface area (TPSA) is 80.1 Å². The summed E-state index contributed by atoms with van der Waals surface area (Å²) in [6, 6.07) is 8.06. The van der Waals surface area contributed by atoms with Crippen molar-refractivity contribution in [1.82, 2.24) is 24.4 Å². The van der Waals surface area contributed by atoms with Crippen LogP contribution < -0.4 is 10.6 Å². The van der Waals surface area contributed by atoms with Gasteiger partial charge in [-0.2, -0.15) is 4.98 Å². The highest BCUT2D eigenvalue weighted by Gasteiger charge is 2.10. The van der Waals surface area contributed by atoms with Crippen LogP contribution in [-0.4, -0.2) is 63.8 Å². The van der Waals surface area contributed by atoms with E-state index in [4.69, 9.17) is 4.74 Å². The number of imidazole rings is 1. The van der Waals surface area contributed by atoms with Crippen LogP contribution in [0.25, 0.3) is 5.69 Å². The maximum absolute atomic E-state index is 5.39. The van der Waals surface area contributed by atoms with E-state index in [0.29, 0.717) is 5.95 Å². The first-order valence-electron chi connectivity index (χ1n) is 9.51. The van der Waals surface area contributed by atoms with Crippen LogP contribution in [0.3, 0.4) is 0 Å². The van der Waals surface area contributed by atoms with E-state index in [-0.39, 0.29) is 0 Å². The SMILES string of the molecule is Cc1cnc(Nc2ccc(-n3ccnc3)cc2)nc1NCCN1CCOCC1. The van der Waals surface area contributed by atoms with Crippen molar-refractivity contribution in [3.8, 4) is 5.69 Å². The molecule has 0 amide bonds. The standard InChI is InChI=1S/C20H25N7O/c1-16-14-23-20(25-19(16)22-7-8-26-10-12-28-13-11-26)24-17-2-4-18(5-3-17)27-9-6-21-15-27/h2-6,9,14-15H,7-8,10-13H2,1H3,(H2,22,23,24,25). The van der Waals surface area contributed by atoms with Crippen molar-refractivity contribution in [2.45, 2.75) is 6.92 Å². The van der Waals surface area contributed by atoms with Crippen LogP contribution in [0.15, 0.2) is 49.2 Å². The fourth-order valence-corrected chi connectivity index (χ4v) is 3.10. The minimum absolute atomic E-state index is 0.579. The smallest absolute Gasteiger partial charge is 0.229 e. The average molecular weight is 379 g/mol. The number of aryl methyl sites for hydroxylation is 1.